The molecule has 0 atom stereocenters. The molecule has 0 aromatic rings. The largest absolute Gasteiger partial charge is 0.380 e. The highest BCUT2D eigenvalue weighted by atomic mass is 16.5. The predicted octanol–water partition coefficient (Wildman–Crippen LogP) is 1.61. The minimum absolute atomic E-state index is 0.0815. The van der Waals surface area contributed by atoms with Crippen molar-refractivity contribution < 1.29 is 14.3 Å². The molecular weight excluding hydrogens is 268 g/mol. The van der Waals surface area contributed by atoms with E-state index in [9.17, 15) is 9.59 Å². The second kappa shape index (κ2) is 5.59. The van der Waals surface area contributed by atoms with E-state index in [0.717, 1.165) is 51.4 Å². The zero-order valence-electron chi connectivity index (χ0n) is 13.0. The lowest BCUT2D eigenvalue weighted by Crippen LogP contribution is -2.74. The van der Waals surface area contributed by atoms with Crippen LogP contribution in [0.5, 0.6) is 0 Å². The van der Waals surface area contributed by atoms with Crippen LogP contribution in [0.15, 0.2) is 0 Å². The van der Waals surface area contributed by atoms with Crippen LogP contribution in [0.25, 0.3) is 0 Å². The van der Waals surface area contributed by atoms with Gasteiger partial charge >= 0.3 is 0 Å². The molecule has 3 fully saturated rings. The zero-order chi connectivity index (χ0) is 14.9. The molecule has 118 valence electrons. The van der Waals surface area contributed by atoms with E-state index in [4.69, 9.17) is 4.74 Å². The first-order valence-electron chi connectivity index (χ1n) is 8.37. The van der Waals surface area contributed by atoms with Gasteiger partial charge in [0.15, 0.2) is 0 Å². The van der Waals surface area contributed by atoms with E-state index in [1.165, 1.54) is 0 Å². The molecule has 3 rings (SSSR count). The van der Waals surface area contributed by atoms with Gasteiger partial charge in [0.05, 0.1) is 6.61 Å². The lowest BCUT2D eigenvalue weighted by molar-refractivity contribution is -0.164. The van der Waals surface area contributed by atoms with E-state index in [-0.39, 0.29) is 11.8 Å². The number of hydrogen-bond donors (Lipinski definition) is 1. The number of hydrogen-bond acceptors (Lipinski definition) is 3. The van der Waals surface area contributed by atoms with Crippen LogP contribution in [-0.2, 0) is 14.3 Å². The van der Waals surface area contributed by atoms with Crippen LogP contribution >= 0.6 is 0 Å². The van der Waals surface area contributed by atoms with E-state index in [2.05, 4.69) is 5.32 Å². The Morgan fingerprint density at radius 1 is 1.10 bits per heavy atom. The lowest BCUT2D eigenvalue weighted by Gasteiger charge is -2.50. The summed E-state index contributed by atoms with van der Waals surface area (Å²) in [6, 6.07) is 0. The lowest BCUT2D eigenvalue weighted by atomic mass is 9.83. The van der Waals surface area contributed by atoms with Gasteiger partial charge in [0, 0.05) is 13.2 Å². The fourth-order valence-corrected chi connectivity index (χ4v) is 4.35. The third-order valence-electron chi connectivity index (χ3n) is 5.50. The van der Waals surface area contributed by atoms with Crippen molar-refractivity contribution in [2.24, 2.45) is 0 Å². The molecule has 0 unspecified atom stereocenters. The van der Waals surface area contributed by atoms with E-state index in [1.807, 2.05) is 11.8 Å². The van der Waals surface area contributed by atoms with Gasteiger partial charge in [-0.15, -0.1) is 0 Å². The minimum Gasteiger partial charge on any atom is -0.380 e. The highest BCUT2D eigenvalue weighted by molar-refractivity contribution is 6.02. The molecule has 5 heteroatoms. The fraction of sp³-hybridized carbons (Fsp3) is 0.875. The van der Waals surface area contributed by atoms with Crippen LogP contribution in [0.4, 0.5) is 0 Å². The highest BCUT2D eigenvalue weighted by Gasteiger charge is 2.59. The van der Waals surface area contributed by atoms with E-state index >= 15 is 0 Å². The van der Waals surface area contributed by atoms with Crippen LogP contribution in [-0.4, -0.2) is 47.6 Å². The van der Waals surface area contributed by atoms with E-state index in [0.29, 0.717) is 19.8 Å². The minimum atomic E-state index is -0.614. The monoisotopic (exact) mass is 294 g/mol. The van der Waals surface area contributed by atoms with Crippen molar-refractivity contribution in [3.05, 3.63) is 0 Å². The van der Waals surface area contributed by atoms with Crippen molar-refractivity contribution in [3.8, 4) is 0 Å². The molecule has 21 heavy (non-hydrogen) atoms. The Hall–Kier alpha value is -1.10. The van der Waals surface area contributed by atoms with Crippen molar-refractivity contribution in [3.63, 3.8) is 0 Å². The van der Waals surface area contributed by atoms with Gasteiger partial charge in [-0.25, -0.2) is 0 Å². The van der Waals surface area contributed by atoms with Gasteiger partial charge in [0.25, 0.3) is 0 Å². The van der Waals surface area contributed by atoms with Gasteiger partial charge in [-0.05, 0) is 32.6 Å². The summed E-state index contributed by atoms with van der Waals surface area (Å²) in [6.07, 6.45) is 7.28. The maximum Gasteiger partial charge on any atom is 0.249 e. The average molecular weight is 294 g/mol. The van der Waals surface area contributed by atoms with Gasteiger partial charge in [-0.2, -0.15) is 0 Å². The number of carbonyl (C=O) groups is 2. The first-order valence-corrected chi connectivity index (χ1v) is 8.37. The molecule has 0 bridgehead atoms. The first kappa shape index (κ1) is 14.8. The van der Waals surface area contributed by atoms with Crippen molar-refractivity contribution in [1.29, 1.82) is 0 Å². The van der Waals surface area contributed by atoms with Crippen molar-refractivity contribution in [1.82, 2.24) is 10.2 Å². The molecule has 1 saturated heterocycles. The third-order valence-corrected chi connectivity index (χ3v) is 5.50. The number of piperazine rings is 1. The molecule has 0 aromatic heterocycles. The summed E-state index contributed by atoms with van der Waals surface area (Å²) >= 11 is 0. The van der Waals surface area contributed by atoms with Crippen LogP contribution in [0.2, 0.25) is 0 Å². The first-order chi connectivity index (χ1) is 10.1. The molecule has 1 heterocycles. The Labute approximate surface area is 126 Å². The highest BCUT2D eigenvalue weighted by Crippen LogP contribution is 2.43. The molecule has 2 saturated carbocycles. The normalized spacial score (nSPS) is 26.8. The van der Waals surface area contributed by atoms with Gasteiger partial charge < -0.3 is 15.0 Å². The molecule has 2 amide bonds. The molecule has 5 nitrogen and oxygen atoms in total. The molecule has 1 N–H and O–H groups in total. The molecule has 1 aliphatic heterocycles. The summed E-state index contributed by atoms with van der Waals surface area (Å²) in [4.78, 5) is 27.8. The number of nitrogens with zero attached hydrogens (tertiary/aromatic N) is 1. The fourth-order valence-electron chi connectivity index (χ4n) is 4.35. The van der Waals surface area contributed by atoms with Gasteiger partial charge in [0.2, 0.25) is 11.8 Å². The molecule has 2 spiro atoms. The topological polar surface area (TPSA) is 58.6 Å². The Balaban J connectivity index is 1.87. The maximum absolute atomic E-state index is 13.1. The summed E-state index contributed by atoms with van der Waals surface area (Å²) in [5.74, 6) is 0.221. The summed E-state index contributed by atoms with van der Waals surface area (Å²) in [6.45, 7) is 3.66. The SMILES string of the molecule is CCOCCN1C(=O)C2(CCCC2)NC(=O)C12CCCC2. The number of nitrogens with one attached hydrogen (secondary N) is 1. The summed E-state index contributed by atoms with van der Waals surface area (Å²) in [7, 11) is 0. The third kappa shape index (κ3) is 2.26. The van der Waals surface area contributed by atoms with Crippen molar-refractivity contribution in [2.75, 3.05) is 19.8 Å². The molecule has 2 aliphatic carbocycles. The average Bonchev–Trinajstić information content (AvgIpc) is 3.12. The Bertz CT molecular complexity index is 423. The van der Waals surface area contributed by atoms with Gasteiger partial charge in [-0.3, -0.25) is 9.59 Å². The Morgan fingerprint density at radius 2 is 1.71 bits per heavy atom. The summed E-state index contributed by atoms with van der Waals surface area (Å²) in [5.41, 5.74) is -1.21. The van der Waals surface area contributed by atoms with Crippen LogP contribution in [0.3, 0.4) is 0 Å². The summed E-state index contributed by atoms with van der Waals surface area (Å²) < 4.78 is 5.45. The molecular formula is C16H26N2O3. The predicted molar refractivity (Wildman–Crippen MR) is 78.7 cm³/mol. The quantitative estimate of drug-likeness (QED) is 0.801. The van der Waals surface area contributed by atoms with Crippen molar-refractivity contribution in [2.45, 2.75) is 69.4 Å². The summed E-state index contributed by atoms with van der Waals surface area (Å²) in [5, 5.41) is 3.12. The van der Waals surface area contributed by atoms with Crippen LogP contribution < -0.4 is 5.32 Å². The van der Waals surface area contributed by atoms with E-state index < -0.39 is 11.1 Å². The maximum atomic E-state index is 13.1. The van der Waals surface area contributed by atoms with Gasteiger partial charge in [-0.1, -0.05) is 25.7 Å². The molecule has 3 aliphatic rings. The number of amides is 2. The second-order valence-electron chi connectivity index (χ2n) is 6.64. The van der Waals surface area contributed by atoms with E-state index in [1.54, 1.807) is 0 Å². The molecule has 0 radical (unpaired) electrons. The van der Waals surface area contributed by atoms with Crippen molar-refractivity contribution >= 4 is 11.8 Å². The van der Waals surface area contributed by atoms with Crippen LogP contribution in [0.1, 0.15) is 58.3 Å². The number of ether oxygens (including phenoxy) is 1. The zero-order valence-corrected chi connectivity index (χ0v) is 13.0. The Morgan fingerprint density at radius 3 is 2.33 bits per heavy atom. The van der Waals surface area contributed by atoms with Gasteiger partial charge in [0.1, 0.15) is 11.1 Å². The Kier molecular flexibility index (Phi) is 3.95. The smallest absolute Gasteiger partial charge is 0.249 e. The molecule has 0 aromatic carbocycles. The van der Waals surface area contributed by atoms with Crippen LogP contribution in [0, 0.1) is 0 Å². The standard InChI is InChI=1S/C16H26N2O3/c1-2-21-12-11-18-14(20)15(7-3-4-8-15)17-13(19)16(18)9-5-6-10-16/h2-12H2,1H3,(H,17,19). The second-order valence-corrected chi connectivity index (χ2v) is 6.64. The number of rotatable bonds is 4. The number of carbonyl (C=O) groups excluding carboxylic acids is 2.